The van der Waals surface area contributed by atoms with E-state index in [1.807, 2.05) is 6.07 Å². The molecule has 1 aromatic heterocycles. The molecular weight excluding hydrogens is 334 g/mol. The van der Waals surface area contributed by atoms with Crippen molar-refractivity contribution in [2.24, 2.45) is 0 Å². The first kappa shape index (κ1) is 17.2. The highest BCUT2D eigenvalue weighted by Crippen LogP contribution is 2.37. The van der Waals surface area contributed by atoms with E-state index in [0.717, 1.165) is 49.1 Å². The first-order valence-corrected chi connectivity index (χ1v) is 9.00. The minimum atomic E-state index is -0.371. The second-order valence-electron chi connectivity index (χ2n) is 7.09. The van der Waals surface area contributed by atoms with Crippen LogP contribution in [0.1, 0.15) is 36.0 Å². The number of piperidine rings is 1. The van der Waals surface area contributed by atoms with E-state index in [4.69, 9.17) is 9.47 Å². The number of hydrogen-bond donors (Lipinski definition) is 1. The zero-order chi connectivity index (χ0) is 18.1. The van der Waals surface area contributed by atoms with Crippen LogP contribution in [0.15, 0.2) is 24.5 Å². The third kappa shape index (κ3) is 3.12. The highest BCUT2D eigenvalue weighted by molar-refractivity contribution is 5.97. The Morgan fingerprint density at radius 1 is 1.35 bits per heavy atom. The minimum absolute atomic E-state index is 0.214. The van der Waals surface area contributed by atoms with Gasteiger partial charge in [0.25, 0.3) is 0 Å². The second-order valence-corrected chi connectivity index (χ2v) is 7.09. The monoisotopic (exact) mass is 357 g/mol. The summed E-state index contributed by atoms with van der Waals surface area (Å²) in [4.78, 5) is 22.9. The maximum Gasteiger partial charge on any atom is 0.337 e. The van der Waals surface area contributed by atoms with Gasteiger partial charge < -0.3 is 19.5 Å². The number of anilines is 1. The molecule has 0 saturated carbocycles. The summed E-state index contributed by atoms with van der Waals surface area (Å²) >= 11 is 0. The van der Waals surface area contributed by atoms with Gasteiger partial charge in [-0.1, -0.05) is 0 Å². The largest absolute Gasteiger partial charge is 0.465 e. The molecule has 1 atom stereocenters. The fourth-order valence-corrected chi connectivity index (χ4v) is 4.02. The number of hydrogen-bond acceptors (Lipinski definition) is 7. The number of rotatable bonds is 2. The number of carbonyl (C=O) groups excluding carboxylic acids is 1. The maximum atomic E-state index is 11.9. The van der Waals surface area contributed by atoms with Crippen molar-refractivity contribution in [1.29, 1.82) is 0 Å². The van der Waals surface area contributed by atoms with Crippen molar-refractivity contribution in [1.82, 2.24) is 9.97 Å². The lowest BCUT2D eigenvalue weighted by Crippen LogP contribution is -2.50. The van der Waals surface area contributed by atoms with Gasteiger partial charge in [-0.15, -0.1) is 0 Å². The van der Waals surface area contributed by atoms with Crippen molar-refractivity contribution >= 4 is 22.7 Å². The van der Waals surface area contributed by atoms with Crippen molar-refractivity contribution in [2.45, 2.75) is 37.4 Å². The fraction of sp³-hybridized carbons (Fsp3) is 0.526. The molecule has 1 spiro atoms. The van der Waals surface area contributed by atoms with E-state index < -0.39 is 0 Å². The summed E-state index contributed by atoms with van der Waals surface area (Å²) in [5.74, 6) is 0.454. The van der Waals surface area contributed by atoms with Crippen LogP contribution in [0.3, 0.4) is 0 Å². The first-order valence-electron chi connectivity index (χ1n) is 9.00. The molecule has 7 heteroatoms. The summed E-state index contributed by atoms with van der Waals surface area (Å²) in [7, 11) is 1.37. The number of aromatic nitrogens is 2. The molecule has 0 aliphatic carbocycles. The zero-order valence-corrected chi connectivity index (χ0v) is 14.9. The molecule has 2 aromatic rings. The Bertz CT molecular complexity index is 818. The molecule has 0 bridgehead atoms. The summed E-state index contributed by atoms with van der Waals surface area (Å²) in [6.07, 6.45) is 4.42. The van der Waals surface area contributed by atoms with Crippen LogP contribution in [-0.2, 0) is 9.47 Å². The van der Waals surface area contributed by atoms with Crippen LogP contribution in [0, 0.1) is 0 Å². The van der Waals surface area contributed by atoms with Crippen LogP contribution in [0.25, 0.3) is 10.9 Å². The molecule has 0 radical (unpaired) electrons. The summed E-state index contributed by atoms with van der Waals surface area (Å²) in [5.41, 5.74) is 1.07. The number of aliphatic hydroxyl groups is 1. The van der Waals surface area contributed by atoms with Crippen molar-refractivity contribution in [3.63, 3.8) is 0 Å². The number of esters is 1. The number of methoxy groups -OCH3 is 1. The topological polar surface area (TPSA) is 84.8 Å². The molecule has 2 fully saturated rings. The lowest BCUT2D eigenvalue weighted by molar-refractivity contribution is -0.128. The van der Waals surface area contributed by atoms with Gasteiger partial charge in [0, 0.05) is 31.5 Å². The predicted molar refractivity (Wildman–Crippen MR) is 96.2 cm³/mol. The normalized spacial score (nSPS) is 22.5. The third-order valence-electron chi connectivity index (χ3n) is 5.48. The van der Waals surface area contributed by atoms with Crippen LogP contribution >= 0.6 is 0 Å². The maximum absolute atomic E-state index is 11.9. The quantitative estimate of drug-likeness (QED) is 0.822. The van der Waals surface area contributed by atoms with E-state index in [0.29, 0.717) is 18.6 Å². The first-order chi connectivity index (χ1) is 12.6. The van der Waals surface area contributed by atoms with Crippen LogP contribution in [0.4, 0.5) is 5.82 Å². The summed E-state index contributed by atoms with van der Waals surface area (Å²) in [6.45, 7) is 2.21. The molecule has 4 rings (SSSR count). The Morgan fingerprint density at radius 2 is 2.15 bits per heavy atom. The average Bonchev–Trinajstić information content (AvgIpc) is 2.67. The van der Waals surface area contributed by atoms with E-state index in [1.54, 1.807) is 18.5 Å². The highest BCUT2D eigenvalue weighted by Gasteiger charge is 2.40. The Kier molecular flexibility index (Phi) is 4.50. The van der Waals surface area contributed by atoms with E-state index in [-0.39, 0.29) is 17.7 Å². The van der Waals surface area contributed by atoms with Gasteiger partial charge in [0.2, 0.25) is 0 Å². The van der Waals surface area contributed by atoms with Gasteiger partial charge in [0.15, 0.2) is 0 Å². The Balaban J connectivity index is 1.60. The number of aliphatic hydroxyl groups excluding tert-OH is 1. The Morgan fingerprint density at radius 3 is 2.88 bits per heavy atom. The van der Waals surface area contributed by atoms with Crippen LogP contribution < -0.4 is 4.90 Å². The third-order valence-corrected chi connectivity index (χ3v) is 5.48. The fourth-order valence-electron chi connectivity index (χ4n) is 4.02. The number of carbonyl (C=O) groups is 1. The van der Waals surface area contributed by atoms with E-state index in [1.165, 1.54) is 7.11 Å². The van der Waals surface area contributed by atoms with Gasteiger partial charge >= 0.3 is 5.97 Å². The summed E-state index contributed by atoms with van der Waals surface area (Å²) in [5, 5.41) is 10.8. The van der Waals surface area contributed by atoms with Crippen LogP contribution in [0.5, 0.6) is 0 Å². The van der Waals surface area contributed by atoms with Gasteiger partial charge in [-0.2, -0.15) is 0 Å². The average molecular weight is 357 g/mol. The second kappa shape index (κ2) is 6.81. The number of ether oxygens (including phenoxy) is 2. The summed E-state index contributed by atoms with van der Waals surface area (Å²) in [6, 6.07) is 5.33. The van der Waals surface area contributed by atoms with Crippen molar-refractivity contribution < 1.29 is 19.4 Å². The molecule has 7 nitrogen and oxygen atoms in total. The molecule has 2 saturated heterocycles. The lowest BCUT2D eigenvalue weighted by Gasteiger charge is -2.45. The Hall–Kier alpha value is -2.25. The molecule has 26 heavy (non-hydrogen) atoms. The van der Waals surface area contributed by atoms with Gasteiger partial charge in [-0.25, -0.2) is 14.8 Å². The molecule has 138 valence electrons. The molecule has 1 N–H and O–H groups in total. The molecule has 2 aliphatic rings. The van der Waals surface area contributed by atoms with Crippen LogP contribution in [0.2, 0.25) is 0 Å². The molecular formula is C19H23N3O4. The van der Waals surface area contributed by atoms with Gasteiger partial charge in [-0.3, -0.25) is 0 Å². The van der Waals surface area contributed by atoms with Gasteiger partial charge in [0.1, 0.15) is 12.1 Å². The van der Waals surface area contributed by atoms with Gasteiger partial charge in [0.05, 0.1) is 29.9 Å². The SMILES string of the molecule is COC(=O)c1ccc2ncnc(N3CCC4(CC3)CC(O)CCO4)c2c1. The van der Waals surface area contributed by atoms with Gasteiger partial charge in [-0.05, 0) is 37.5 Å². The molecule has 3 heterocycles. The number of nitrogens with zero attached hydrogens (tertiary/aromatic N) is 3. The molecule has 1 aromatic carbocycles. The van der Waals surface area contributed by atoms with Crippen LogP contribution in [-0.4, -0.2) is 59.6 Å². The van der Waals surface area contributed by atoms with E-state index >= 15 is 0 Å². The molecule has 0 amide bonds. The minimum Gasteiger partial charge on any atom is -0.465 e. The Labute approximate surface area is 151 Å². The van der Waals surface area contributed by atoms with Crippen molar-refractivity contribution in [2.75, 3.05) is 31.7 Å². The molecule has 1 unspecified atom stereocenters. The number of benzene rings is 1. The zero-order valence-electron chi connectivity index (χ0n) is 14.9. The smallest absolute Gasteiger partial charge is 0.337 e. The van der Waals surface area contributed by atoms with Crippen molar-refractivity contribution in [3.05, 3.63) is 30.1 Å². The van der Waals surface area contributed by atoms with E-state index in [2.05, 4.69) is 14.9 Å². The number of fused-ring (bicyclic) bond motifs is 1. The highest BCUT2D eigenvalue weighted by atomic mass is 16.5. The summed E-state index contributed by atoms with van der Waals surface area (Å²) < 4.78 is 10.9. The lowest BCUT2D eigenvalue weighted by atomic mass is 9.83. The van der Waals surface area contributed by atoms with E-state index in [9.17, 15) is 9.90 Å². The molecule has 2 aliphatic heterocycles. The van der Waals surface area contributed by atoms with Crippen molar-refractivity contribution in [3.8, 4) is 0 Å². The predicted octanol–water partition coefficient (Wildman–Crippen LogP) is 1.93. The standard InChI is InChI=1S/C19H23N3O4/c1-25-18(24)13-2-3-16-15(10-13)17(21-12-20-16)22-7-5-19(6-8-22)11-14(23)4-9-26-19/h2-3,10,12,14,23H,4-9,11H2,1H3.